The molecule has 5 heteroatoms. The van der Waals surface area contributed by atoms with Gasteiger partial charge in [0.1, 0.15) is 0 Å². The van der Waals surface area contributed by atoms with Gasteiger partial charge in [-0.15, -0.1) is 0 Å². The predicted molar refractivity (Wildman–Crippen MR) is 103 cm³/mol. The Balaban J connectivity index is 1.30. The Kier molecular flexibility index (Phi) is 6.57. The van der Waals surface area contributed by atoms with E-state index >= 15 is 0 Å². The van der Waals surface area contributed by atoms with Crippen molar-refractivity contribution in [3.8, 4) is 0 Å². The molecule has 2 heterocycles. The van der Waals surface area contributed by atoms with Gasteiger partial charge in [-0.2, -0.15) is 0 Å². The first-order chi connectivity index (χ1) is 12.9. The van der Waals surface area contributed by atoms with Crippen LogP contribution in [0.3, 0.4) is 0 Å². The summed E-state index contributed by atoms with van der Waals surface area (Å²) in [7, 11) is 0. The third-order valence-electron chi connectivity index (χ3n) is 6.11. The van der Waals surface area contributed by atoms with Crippen LogP contribution in [-0.2, 0) is 22.6 Å². The molecular formula is C21H33N3O2. The first-order valence-corrected chi connectivity index (χ1v) is 10.3. The van der Waals surface area contributed by atoms with Gasteiger partial charge in [0, 0.05) is 44.8 Å². The summed E-state index contributed by atoms with van der Waals surface area (Å²) in [6.45, 7) is 8.54. The molecule has 1 aliphatic carbocycles. The van der Waals surface area contributed by atoms with Crippen molar-refractivity contribution in [3.05, 3.63) is 35.4 Å². The van der Waals surface area contributed by atoms with E-state index in [0.29, 0.717) is 18.0 Å². The van der Waals surface area contributed by atoms with Gasteiger partial charge in [0.2, 0.25) is 0 Å². The zero-order valence-corrected chi connectivity index (χ0v) is 15.8. The predicted octanol–water partition coefficient (Wildman–Crippen LogP) is 1.77. The number of hydrogen-bond acceptors (Lipinski definition) is 5. The zero-order chi connectivity index (χ0) is 17.6. The van der Waals surface area contributed by atoms with Crippen LogP contribution in [0.2, 0.25) is 0 Å². The largest absolute Gasteiger partial charge is 0.379 e. The van der Waals surface area contributed by atoms with Crippen molar-refractivity contribution in [2.75, 3.05) is 46.1 Å². The van der Waals surface area contributed by atoms with E-state index in [1.165, 1.54) is 30.4 Å². The van der Waals surface area contributed by atoms with Gasteiger partial charge in [-0.05, 0) is 29.9 Å². The van der Waals surface area contributed by atoms with Gasteiger partial charge in [0.15, 0.2) is 0 Å². The van der Waals surface area contributed by atoms with Crippen LogP contribution in [0.4, 0.5) is 0 Å². The smallest absolute Gasteiger partial charge is 0.0623 e. The van der Waals surface area contributed by atoms with Crippen LogP contribution >= 0.6 is 0 Å². The minimum atomic E-state index is 0.524. The monoisotopic (exact) mass is 359 g/mol. The van der Waals surface area contributed by atoms with Crippen molar-refractivity contribution in [2.24, 2.45) is 5.92 Å². The van der Waals surface area contributed by atoms with Crippen molar-refractivity contribution in [1.29, 1.82) is 0 Å². The summed E-state index contributed by atoms with van der Waals surface area (Å²) < 4.78 is 11.1. The molecule has 5 nitrogen and oxygen atoms in total. The summed E-state index contributed by atoms with van der Waals surface area (Å²) in [5.74, 6) is 0.701. The Morgan fingerprint density at radius 2 is 1.96 bits per heavy atom. The number of hydrogen-bond donors (Lipinski definition) is 2. The number of rotatable bonds is 6. The molecule has 3 fully saturated rings. The molecule has 1 saturated carbocycles. The maximum absolute atomic E-state index is 5.69. The highest BCUT2D eigenvalue weighted by molar-refractivity contribution is 5.23. The van der Waals surface area contributed by atoms with E-state index in [1.54, 1.807) is 0 Å². The number of nitrogens with zero attached hydrogens (tertiary/aromatic N) is 1. The molecule has 1 aromatic rings. The van der Waals surface area contributed by atoms with Crippen molar-refractivity contribution < 1.29 is 9.47 Å². The van der Waals surface area contributed by atoms with Crippen LogP contribution in [0.1, 0.15) is 30.4 Å². The molecule has 3 aliphatic rings. The van der Waals surface area contributed by atoms with Gasteiger partial charge in [-0.25, -0.2) is 0 Å². The molecule has 0 aromatic heterocycles. The summed E-state index contributed by atoms with van der Waals surface area (Å²) in [6.07, 6.45) is 3.93. The van der Waals surface area contributed by atoms with Gasteiger partial charge < -0.3 is 20.1 Å². The van der Waals surface area contributed by atoms with Crippen LogP contribution in [0.5, 0.6) is 0 Å². The summed E-state index contributed by atoms with van der Waals surface area (Å²) >= 11 is 0. The van der Waals surface area contributed by atoms with Gasteiger partial charge in [-0.3, -0.25) is 4.90 Å². The Bertz CT molecular complexity index is 556. The van der Waals surface area contributed by atoms with Gasteiger partial charge in [0.25, 0.3) is 0 Å². The summed E-state index contributed by atoms with van der Waals surface area (Å²) in [6, 6.07) is 10.2. The highest BCUT2D eigenvalue weighted by atomic mass is 16.5. The van der Waals surface area contributed by atoms with Crippen molar-refractivity contribution in [1.82, 2.24) is 15.5 Å². The van der Waals surface area contributed by atoms with Crippen molar-refractivity contribution >= 4 is 0 Å². The second kappa shape index (κ2) is 9.29. The van der Waals surface area contributed by atoms with E-state index in [0.717, 1.165) is 59.2 Å². The minimum absolute atomic E-state index is 0.524. The van der Waals surface area contributed by atoms with E-state index in [4.69, 9.17) is 9.47 Å². The molecule has 2 saturated heterocycles. The molecule has 0 amide bonds. The first-order valence-electron chi connectivity index (χ1n) is 10.3. The third kappa shape index (κ3) is 4.84. The lowest BCUT2D eigenvalue weighted by Crippen LogP contribution is -2.50. The second-order valence-electron chi connectivity index (χ2n) is 7.93. The summed E-state index contributed by atoms with van der Waals surface area (Å²) in [5.41, 5.74) is 2.81. The van der Waals surface area contributed by atoms with E-state index in [2.05, 4.69) is 39.8 Å². The van der Waals surface area contributed by atoms with E-state index in [9.17, 15) is 0 Å². The molecular weight excluding hydrogens is 326 g/mol. The Morgan fingerprint density at radius 3 is 2.81 bits per heavy atom. The Hall–Kier alpha value is -0.980. The zero-order valence-electron chi connectivity index (χ0n) is 15.8. The van der Waals surface area contributed by atoms with Crippen LogP contribution in [0.25, 0.3) is 0 Å². The highest BCUT2D eigenvalue weighted by Crippen LogP contribution is 2.29. The molecule has 2 aliphatic heterocycles. The molecule has 4 rings (SSSR count). The molecule has 144 valence electrons. The molecule has 0 spiro atoms. The maximum atomic E-state index is 5.69. The van der Waals surface area contributed by atoms with Crippen LogP contribution in [0, 0.1) is 5.92 Å². The summed E-state index contributed by atoms with van der Waals surface area (Å²) in [5, 5.41) is 7.51. The number of benzene rings is 1. The van der Waals surface area contributed by atoms with E-state index < -0.39 is 0 Å². The average molecular weight is 360 g/mol. The maximum Gasteiger partial charge on any atom is 0.0623 e. The molecule has 3 unspecified atom stereocenters. The molecule has 26 heavy (non-hydrogen) atoms. The van der Waals surface area contributed by atoms with Crippen LogP contribution < -0.4 is 10.6 Å². The minimum Gasteiger partial charge on any atom is -0.379 e. The molecule has 0 bridgehead atoms. The van der Waals surface area contributed by atoms with Crippen LogP contribution in [0.15, 0.2) is 24.3 Å². The Labute approximate surface area is 157 Å². The summed E-state index contributed by atoms with van der Waals surface area (Å²) in [4.78, 5) is 2.48. The SMILES string of the molecule is c1cc(CNC2CCCC2C2COCCN2)cc(CN2CCOCC2)c1. The van der Waals surface area contributed by atoms with Crippen molar-refractivity contribution in [2.45, 2.75) is 44.4 Å². The fourth-order valence-electron chi connectivity index (χ4n) is 4.69. The topological polar surface area (TPSA) is 45.8 Å². The van der Waals surface area contributed by atoms with Gasteiger partial charge >= 0.3 is 0 Å². The standard InChI is InChI=1S/C21H33N3O2/c1-3-17(13-18(4-1)15-24-8-11-25-12-9-24)14-23-20-6-2-5-19(20)21-16-26-10-7-22-21/h1,3-4,13,19-23H,2,5-12,14-16H2. The van der Waals surface area contributed by atoms with Crippen LogP contribution in [-0.4, -0.2) is 63.0 Å². The highest BCUT2D eigenvalue weighted by Gasteiger charge is 2.34. The Morgan fingerprint density at radius 1 is 1.08 bits per heavy atom. The van der Waals surface area contributed by atoms with E-state index in [1.807, 2.05) is 0 Å². The number of ether oxygens (including phenoxy) is 2. The number of morpholine rings is 2. The third-order valence-corrected chi connectivity index (χ3v) is 6.11. The average Bonchev–Trinajstić information content (AvgIpc) is 3.17. The molecule has 2 N–H and O–H groups in total. The lowest BCUT2D eigenvalue weighted by atomic mass is 9.94. The fourth-order valence-corrected chi connectivity index (χ4v) is 4.69. The molecule has 0 radical (unpaired) electrons. The van der Waals surface area contributed by atoms with Gasteiger partial charge in [0.05, 0.1) is 26.4 Å². The first kappa shape index (κ1) is 18.4. The molecule has 3 atom stereocenters. The quantitative estimate of drug-likeness (QED) is 0.811. The second-order valence-corrected chi connectivity index (χ2v) is 7.93. The molecule has 1 aromatic carbocycles. The number of nitrogens with one attached hydrogen (secondary N) is 2. The van der Waals surface area contributed by atoms with E-state index in [-0.39, 0.29) is 0 Å². The van der Waals surface area contributed by atoms with Gasteiger partial charge in [-0.1, -0.05) is 30.7 Å². The normalized spacial score (nSPS) is 30.5. The lowest BCUT2D eigenvalue weighted by Gasteiger charge is -2.33. The lowest BCUT2D eigenvalue weighted by molar-refractivity contribution is 0.0342. The van der Waals surface area contributed by atoms with Crippen molar-refractivity contribution in [3.63, 3.8) is 0 Å². The fraction of sp³-hybridized carbons (Fsp3) is 0.714.